The Kier molecular flexibility index (Phi) is 4.24. The summed E-state index contributed by atoms with van der Waals surface area (Å²) in [5.74, 6) is 0.0947. The van der Waals surface area contributed by atoms with Gasteiger partial charge in [-0.05, 0) is 6.04 Å². The Morgan fingerprint density at radius 2 is 2.22 bits per heavy atom. The Morgan fingerprint density at radius 3 is 2.94 bits per heavy atom. The summed E-state index contributed by atoms with van der Waals surface area (Å²) in [5, 5.41) is 0.607. The van der Waals surface area contributed by atoms with Crippen molar-refractivity contribution in [2.75, 3.05) is 13.3 Å². The fraction of sp³-hybridized carbons (Fsp3) is 0.667. The van der Waals surface area contributed by atoms with Crippen LogP contribution in [0.4, 0.5) is 0 Å². The molecule has 0 fully saturated rings. The fourth-order valence-corrected chi connectivity index (χ4v) is 2.87. The lowest BCUT2D eigenvalue weighted by Crippen LogP contribution is -2.36. The second-order valence-electron chi connectivity index (χ2n) is 5.86. The molecule has 0 N–H and O–H groups in total. The molecule has 6 heteroatoms. The van der Waals surface area contributed by atoms with Crippen LogP contribution in [0.1, 0.15) is 0 Å². The van der Waals surface area contributed by atoms with Crippen LogP contribution >= 0.6 is 11.6 Å². The third-order valence-electron chi connectivity index (χ3n) is 3.06. The molecule has 2 atom stereocenters. The molecule has 0 amide bonds. The predicted octanol–water partition coefficient (Wildman–Crippen LogP) is 2.75. The van der Waals surface area contributed by atoms with Gasteiger partial charge in [-0.1, -0.05) is 37.3 Å². The van der Waals surface area contributed by atoms with Crippen LogP contribution < -0.4 is 0 Å². The zero-order valence-corrected chi connectivity index (χ0v) is 12.9. The van der Waals surface area contributed by atoms with Crippen molar-refractivity contribution >= 4 is 31.2 Å². The minimum Gasteiger partial charge on any atom is -0.361 e. The number of hydrogen-bond acceptors (Lipinski definition) is 4. The van der Waals surface area contributed by atoms with Gasteiger partial charge in [0.2, 0.25) is 0 Å². The molecule has 2 aliphatic rings. The first-order valence-electron chi connectivity index (χ1n) is 6.24. The topological polar surface area (TPSA) is 37.2 Å². The van der Waals surface area contributed by atoms with Gasteiger partial charge < -0.3 is 9.64 Å². The van der Waals surface area contributed by atoms with Crippen LogP contribution in [0.2, 0.25) is 25.7 Å². The maximum Gasteiger partial charge on any atom is 0.137 e. The van der Waals surface area contributed by atoms with E-state index >= 15 is 0 Å². The average Bonchev–Trinajstić information content (AvgIpc) is 2.68. The number of aliphatic imine (C=N–C) groups is 2. The van der Waals surface area contributed by atoms with Crippen molar-refractivity contribution in [1.29, 1.82) is 0 Å². The van der Waals surface area contributed by atoms with Crippen molar-refractivity contribution in [3.63, 3.8) is 0 Å². The summed E-state index contributed by atoms with van der Waals surface area (Å²) in [6.07, 6.45) is 5.60. The smallest absolute Gasteiger partial charge is 0.137 e. The molecular formula is C12H20ClN3OSi. The summed E-state index contributed by atoms with van der Waals surface area (Å²) in [7, 11) is -1.01. The molecule has 2 rings (SSSR count). The summed E-state index contributed by atoms with van der Waals surface area (Å²) < 4.78 is 5.73. The third-order valence-corrected chi connectivity index (χ3v) is 5.11. The first kappa shape index (κ1) is 13.8. The first-order valence-corrected chi connectivity index (χ1v) is 10.3. The second kappa shape index (κ2) is 5.55. The number of ether oxygens (including phenoxy) is 1. The number of hydrogen-bond donors (Lipinski definition) is 0. The maximum atomic E-state index is 6.05. The quantitative estimate of drug-likeness (QED) is 0.575. The molecule has 0 aromatic rings. The molecule has 18 heavy (non-hydrogen) atoms. The molecule has 2 heterocycles. The Labute approximate surface area is 114 Å². The van der Waals surface area contributed by atoms with Crippen LogP contribution in [-0.2, 0) is 4.74 Å². The van der Waals surface area contributed by atoms with E-state index < -0.39 is 8.07 Å². The van der Waals surface area contributed by atoms with E-state index in [1.165, 1.54) is 12.4 Å². The molecule has 4 nitrogen and oxygen atoms in total. The second-order valence-corrected chi connectivity index (χ2v) is 11.9. The molecule has 0 radical (unpaired) electrons. The normalized spacial score (nSPS) is 26.4. The van der Waals surface area contributed by atoms with Gasteiger partial charge in [0.15, 0.2) is 0 Å². The van der Waals surface area contributed by atoms with Crippen LogP contribution in [-0.4, -0.2) is 44.0 Å². The third kappa shape index (κ3) is 3.43. The van der Waals surface area contributed by atoms with Crippen molar-refractivity contribution in [2.45, 2.75) is 31.9 Å². The summed E-state index contributed by atoms with van der Waals surface area (Å²) in [6.45, 7) is 8.45. The lowest BCUT2D eigenvalue weighted by Gasteiger charge is -2.27. The van der Waals surface area contributed by atoms with Gasteiger partial charge in [-0.15, -0.1) is 0 Å². The molecule has 0 aliphatic carbocycles. The summed E-state index contributed by atoms with van der Waals surface area (Å²) in [6, 6.07) is 1.18. The van der Waals surface area contributed by atoms with Gasteiger partial charge in [0.25, 0.3) is 0 Å². The highest BCUT2D eigenvalue weighted by atomic mass is 35.5. The zero-order chi connectivity index (χ0) is 13.2. The number of fused-ring (bicyclic) bond motifs is 1. The van der Waals surface area contributed by atoms with E-state index in [1.807, 2.05) is 12.3 Å². The van der Waals surface area contributed by atoms with Crippen molar-refractivity contribution in [2.24, 2.45) is 15.9 Å². The van der Waals surface area contributed by atoms with Crippen LogP contribution in [0.15, 0.2) is 22.3 Å². The maximum absolute atomic E-state index is 6.05. The molecule has 0 saturated heterocycles. The van der Waals surface area contributed by atoms with E-state index in [1.54, 1.807) is 0 Å². The fourth-order valence-electron chi connectivity index (χ4n) is 1.89. The molecule has 0 saturated carbocycles. The number of nitrogens with zero attached hydrogens (tertiary/aromatic N) is 3. The molecule has 0 aromatic carbocycles. The minimum atomic E-state index is -1.01. The van der Waals surface area contributed by atoms with Gasteiger partial charge in [0.05, 0.1) is 5.92 Å². The molecular weight excluding hydrogens is 266 g/mol. The zero-order valence-electron chi connectivity index (χ0n) is 11.1. The van der Waals surface area contributed by atoms with Crippen molar-refractivity contribution in [1.82, 2.24) is 4.90 Å². The van der Waals surface area contributed by atoms with E-state index in [9.17, 15) is 0 Å². The molecule has 0 spiro atoms. The SMILES string of the molecule is C[Si](C)(C)CCOCN1C=CC2C(Cl)=NC=NC21. The van der Waals surface area contributed by atoms with Crippen LogP contribution in [0.5, 0.6) is 0 Å². The van der Waals surface area contributed by atoms with Crippen molar-refractivity contribution in [3.8, 4) is 0 Å². The average molecular weight is 286 g/mol. The van der Waals surface area contributed by atoms with E-state index in [-0.39, 0.29) is 12.1 Å². The Balaban J connectivity index is 1.77. The van der Waals surface area contributed by atoms with E-state index in [2.05, 4.69) is 34.5 Å². The summed E-state index contributed by atoms with van der Waals surface area (Å²) >= 11 is 6.05. The van der Waals surface area contributed by atoms with E-state index in [0.29, 0.717) is 11.9 Å². The van der Waals surface area contributed by atoms with Crippen molar-refractivity contribution < 1.29 is 4.74 Å². The number of halogens is 1. The van der Waals surface area contributed by atoms with Gasteiger partial charge in [-0.25, -0.2) is 9.98 Å². The van der Waals surface area contributed by atoms with Crippen molar-refractivity contribution in [3.05, 3.63) is 12.3 Å². The number of rotatable bonds is 5. The Morgan fingerprint density at radius 1 is 1.44 bits per heavy atom. The lowest BCUT2D eigenvalue weighted by atomic mass is 10.1. The van der Waals surface area contributed by atoms with Gasteiger partial charge in [-0.2, -0.15) is 0 Å². The lowest BCUT2D eigenvalue weighted by molar-refractivity contribution is 0.0448. The highest BCUT2D eigenvalue weighted by Crippen LogP contribution is 2.27. The molecule has 0 aromatic heterocycles. The molecule has 2 aliphatic heterocycles. The standard InChI is InChI=1S/C12H20ClN3OSi/c1-18(2,3)7-6-17-9-16-5-4-10-11(13)14-8-15-12(10)16/h4-5,8,10,12H,6-7,9H2,1-3H3. The van der Waals surface area contributed by atoms with Gasteiger partial charge in [0.1, 0.15) is 24.4 Å². The minimum absolute atomic E-state index is 0.0295. The highest BCUT2D eigenvalue weighted by Gasteiger charge is 2.33. The predicted molar refractivity (Wildman–Crippen MR) is 79.0 cm³/mol. The molecule has 2 unspecified atom stereocenters. The Bertz CT molecular complexity index is 389. The largest absolute Gasteiger partial charge is 0.361 e. The molecule has 0 bridgehead atoms. The first-order chi connectivity index (χ1) is 8.47. The van der Waals surface area contributed by atoms with Gasteiger partial charge >= 0.3 is 0 Å². The monoisotopic (exact) mass is 285 g/mol. The Hall–Kier alpha value is -0.653. The van der Waals surface area contributed by atoms with Gasteiger partial charge in [0, 0.05) is 20.9 Å². The van der Waals surface area contributed by atoms with E-state index in [4.69, 9.17) is 16.3 Å². The summed E-state index contributed by atoms with van der Waals surface area (Å²) in [5.41, 5.74) is 0. The summed E-state index contributed by atoms with van der Waals surface area (Å²) in [4.78, 5) is 10.4. The van der Waals surface area contributed by atoms with Gasteiger partial charge in [-0.3, -0.25) is 0 Å². The molecule has 100 valence electrons. The van der Waals surface area contributed by atoms with Crippen LogP contribution in [0.3, 0.4) is 0 Å². The van der Waals surface area contributed by atoms with E-state index in [0.717, 1.165) is 6.61 Å². The van der Waals surface area contributed by atoms with Crippen LogP contribution in [0.25, 0.3) is 0 Å². The highest BCUT2D eigenvalue weighted by molar-refractivity contribution is 6.76. The van der Waals surface area contributed by atoms with Crippen LogP contribution in [0, 0.1) is 5.92 Å².